The first kappa shape index (κ1) is 21.8. The molecule has 3 heterocycles. The lowest BCUT2D eigenvalue weighted by atomic mass is 10.1. The van der Waals surface area contributed by atoms with Crippen LogP contribution in [0.25, 0.3) is 11.3 Å². The number of benzene rings is 1. The first-order chi connectivity index (χ1) is 16.5. The quantitative estimate of drug-likeness (QED) is 0.462. The number of amides is 2. The SMILES string of the molecule is COc1c(Nc2cc(NC(=O)C3CC3)nnc2C(N)=O)cccc1-c1ccn([C@@H]2CCOC2)n1. The van der Waals surface area contributed by atoms with Gasteiger partial charge in [-0.2, -0.15) is 5.10 Å². The molecular formula is C23H25N7O4. The summed E-state index contributed by atoms with van der Waals surface area (Å²) in [4.78, 5) is 24.1. The molecule has 1 aliphatic heterocycles. The third kappa shape index (κ3) is 4.42. The number of hydrogen-bond acceptors (Lipinski definition) is 8. The minimum Gasteiger partial charge on any atom is -0.494 e. The standard InChI is InChI=1S/C23H25N7O4/c1-33-21-15(16-7-9-30(29-16)14-8-10-34-12-14)3-2-4-17(21)25-18-11-19(26-23(32)13-5-6-13)27-28-20(18)22(24)31/h2-4,7,9,11,13-14H,5-6,8,10,12H2,1H3,(H2,24,31)(H2,25,26,27,32)/t14-/m1/s1. The van der Waals surface area contributed by atoms with Gasteiger partial charge >= 0.3 is 0 Å². The summed E-state index contributed by atoms with van der Waals surface area (Å²) in [5.41, 5.74) is 7.85. The highest BCUT2D eigenvalue weighted by Gasteiger charge is 2.30. The molecule has 2 amide bonds. The van der Waals surface area contributed by atoms with E-state index >= 15 is 0 Å². The first-order valence-electron chi connectivity index (χ1n) is 11.1. The van der Waals surface area contributed by atoms with Gasteiger partial charge in [-0.15, -0.1) is 10.2 Å². The molecule has 0 unspecified atom stereocenters. The van der Waals surface area contributed by atoms with Gasteiger partial charge in [0.05, 0.1) is 36.8 Å². The predicted octanol–water partition coefficient (Wildman–Crippen LogP) is 2.50. The number of carbonyl (C=O) groups excluding carboxylic acids is 2. The summed E-state index contributed by atoms with van der Waals surface area (Å²) in [6, 6.07) is 9.24. The monoisotopic (exact) mass is 463 g/mol. The van der Waals surface area contributed by atoms with E-state index in [4.69, 9.17) is 20.3 Å². The Bertz CT molecular complexity index is 1230. The van der Waals surface area contributed by atoms with E-state index in [9.17, 15) is 9.59 Å². The lowest BCUT2D eigenvalue weighted by molar-refractivity contribution is -0.117. The van der Waals surface area contributed by atoms with Crippen LogP contribution >= 0.6 is 0 Å². The molecule has 11 heteroatoms. The summed E-state index contributed by atoms with van der Waals surface area (Å²) in [5, 5.41) is 18.5. The molecule has 1 saturated heterocycles. The number of hydrogen-bond donors (Lipinski definition) is 3. The smallest absolute Gasteiger partial charge is 0.271 e. The van der Waals surface area contributed by atoms with Crippen molar-refractivity contribution in [2.75, 3.05) is 31.0 Å². The molecule has 4 N–H and O–H groups in total. The molecule has 1 aliphatic carbocycles. The Morgan fingerprint density at radius 3 is 2.74 bits per heavy atom. The van der Waals surface area contributed by atoms with E-state index in [-0.39, 0.29) is 29.4 Å². The molecule has 2 aromatic heterocycles. The zero-order valence-corrected chi connectivity index (χ0v) is 18.7. The molecule has 1 saturated carbocycles. The van der Waals surface area contributed by atoms with Crippen LogP contribution in [-0.2, 0) is 9.53 Å². The predicted molar refractivity (Wildman–Crippen MR) is 124 cm³/mol. The molecular weight excluding hydrogens is 438 g/mol. The number of nitrogens with zero attached hydrogens (tertiary/aromatic N) is 4. The van der Waals surface area contributed by atoms with Gasteiger partial charge in [-0.25, -0.2) is 0 Å². The Balaban J connectivity index is 1.46. The molecule has 0 radical (unpaired) electrons. The fraction of sp³-hybridized carbons (Fsp3) is 0.348. The van der Waals surface area contributed by atoms with Gasteiger partial charge in [0.1, 0.15) is 0 Å². The third-order valence-corrected chi connectivity index (χ3v) is 5.88. The van der Waals surface area contributed by atoms with Gasteiger partial charge in [0.25, 0.3) is 5.91 Å². The average Bonchev–Trinajstić information content (AvgIpc) is 3.32. The van der Waals surface area contributed by atoms with Gasteiger partial charge in [-0.05, 0) is 37.5 Å². The maximum atomic E-state index is 12.1. The fourth-order valence-corrected chi connectivity index (χ4v) is 3.92. The van der Waals surface area contributed by atoms with Crippen molar-refractivity contribution in [1.29, 1.82) is 0 Å². The summed E-state index contributed by atoms with van der Waals surface area (Å²) < 4.78 is 13.1. The van der Waals surface area contributed by atoms with E-state index in [1.165, 1.54) is 6.07 Å². The summed E-state index contributed by atoms with van der Waals surface area (Å²) in [7, 11) is 1.56. The Kier molecular flexibility index (Phi) is 5.84. The Labute approximate surface area is 195 Å². The molecule has 0 bridgehead atoms. The second-order valence-corrected chi connectivity index (χ2v) is 8.33. The topological polar surface area (TPSA) is 146 Å². The second kappa shape index (κ2) is 9.10. The lowest BCUT2D eigenvalue weighted by Crippen LogP contribution is -2.19. The Hall–Kier alpha value is -3.99. The number of carbonyl (C=O) groups is 2. The van der Waals surface area contributed by atoms with Crippen molar-refractivity contribution in [2.24, 2.45) is 11.7 Å². The fourth-order valence-electron chi connectivity index (χ4n) is 3.92. The molecule has 3 aromatic rings. The molecule has 0 spiro atoms. The van der Waals surface area contributed by atoms with Gasteiger partial charge in [-0.1, -0.05) is 6.07 Å². The molecule has 1 aromatic carbocycles. The van der Waals surface area contributed by atoms with Crippen LogP contribution in [0.15, 0.2) is 36.5 Å². The summed E-state index contributed by atoms with van der Waals surface area (Å²) >= 11 is 0. The number of methoxy groups -OCH3 is 1. The van der Waals surface area contributed by atoms with Crippen molar-refractivity contribution in [3.8, 4) is 17.0 Å². The summed E-state index contributed by atoms with van der Waals surface area (Å²) in [6.45, 7) is 1.37. The number of aromatic nitrogens is 4. The van der Waals surface area contributed by atoms with E-state index in [2.05, 4.69) is 20.8 Å². The molecule has 11 nitrogen and oxygen atoms in total. The van der Waals surface area contributed by atoms with E-state index in [0.29, 0.717) is 23.7 Å². The highest BCUT2D eigenvalue weighted by atomic mass is 16.5. The van der Waals surface area contributed by atoms with Gasteiger partial charge < -0.3 is 25.8 Å². The maximum absolute atomic E-state index is 12.1. The van der Waals surface area contributed by atoms with Crippen LogP contribution in [0.2, 0.25) is 0 Å². The average molecular weight is 463 g/mol. The van der Waals surface area contributed by atoms with Gasteiger partial charge in [0.15, 0.2) is 17.3 Å². The van der Waals surface area contributed by atoms with Crippen LogP contribution in [0.4, 0.5) is 17.2 Å². The normalized spacial score (nSPS) is 17.4. The number of ether oxygens (including phenoxy) is 2. The number of nitrogens with two attached hydrogens (primary N) is 1. The molecule has 2 fully saturated rings. The lowest BCUT2D eigenvalue weighted by Gasteiger charge is -2.16. The van der Waals surface area contributed by atoms with E-state index in [1.807, 2.05) is 29.1 Å². The second-order valence-electron chi connectivity index (χ2n) is 8.33. The molecule has 34 heavy (non-hydrogen) atoms. The third-order valence-electron chi connectivity index (χ3n) is 5.88. The van der Waals surface area contributed by atoms with Crippen molar-refractivity contribution < 1.29 is 19.1 Å². The van der Waals surface area contributed by atoms with Crippen molar-refractivity contribution in [3.63, 3.8) is 0 Å². The van der Waals surface area contributed by atoms with Crippen LogP contribution in [-0.4, -0.2) is 52.1 Å². The van der Waals surface area contributed by atoms with Gasteiger partial charge in [0.2, 0.25) is 5.91 Å². The first-order valence-corrected chi connectivity index (χ1v) is 11.1. The number of anilines is 3. The highest BCUT2D eigenvalue weighted by Crippen LogP contribution is 2.38. The Morgan fingerprint density at radius 2 is 2.03 bits per heavy atom. The molecule has 2 aliphatic rings. The van der Waals surface area contributed by atoms with E-state index < -0.39 is 5.91 Å². The maximum Gasteiger partial charge on any atom is 0.271 e. The van der Waals surface area contributed by atoms with E-state index in [1.54, 1.807) is 13.2 Å². The number of primary amides is 1. The van der Waals surface area contributed by atoms with Crippen LogP contribution in [0, 0.1) is 5.92 Å². The largest absolute Gasteiger partial charge is 0.494 e. The van der Waals surface area contributed by atoms with Crippen LogP contribution in [0.5, 0.6) is 5.75 Å². The number of nitrogens with one attached hydrogen (secondary N) is 2. The minimum atomic E-state index is -0.747. The minimum absolute atomic E-state index is 0.00130. The van der Waals surface area contributed by atoms with Crippen molar-refractivity contribution >= 4 is 29.0 Å². The van der Waals surface area contributed by atoms with Gasteiger partial charge in [0, 0.05) is 30.4 Å². The number of rotatable bonds is 8. The zero-order chi connectivity index (χ0) is 23.7. The zero-order valence-electron chi connectivity index (χ0n) is 18.7. The van der Waals surface area contributed by atoms with Crippen molar-refractivity contribution in [2.45, 2.75) is 25.3 Å². The number of para-hydroxylation sites is 1. The summed E-state index contributed by atoms with van der Waals surface area (Å²) in [5.74, 6) is -0.0951. The Morgan fingerprint density at radius 1 is 1.18 bits per heavy atom. The molecule has 1 atom stereocenters. The van der Waals surface area contributed by atoms with E-state index in [0.717, 1.165) is 37.1 Å². The van der Waals surface area contributed by atoms with Crippen molar-refractivity contribution in [1.82, 2.24) is 20.0 Å². The van der Waals surface area contributed by atoms with Gasteiger partial charge in [-0.3, -0.25) is 14.3 Å². The summed E-state index contributed by atoms with van der Waals surface area (Å²) in [6.07, 6.45) is 4.57. The van der Waals surface area contributed by atoms with Crippen LogP contribution in [0.3, 0.4) is 0 Å². The highest BCUT2D eigenvalue weighted by molar-refractivity contribution is 5.99. The molecule has 176 valence electrons. The van der Waals surface area contributed by atoms with Crippen LogP contribution in [0.1, 0.15) is 35.8 Å². The molecule has 5 rings (SSSR count). The van der Waals surface area contributed by atoms with Crippen molar-refractivity contribution in [3.05, 3.63) is 42.2 Å². The van der Waals surface area contributed by atoms with Crippen LogP contribution < -0.4 is 21.1 Å².